The fraction of sp³-hybridized carbons (Fsp3) is 0.545. The van der Waals surface area contributed by atoms with Crippen LogP contribution in [-0.4, -0.2) is 78.5 Å². The first kappa shape index (κ1) is 28.5. The van der Waals surface area contributed by atoms with Crippen molar-refractivity contribution in [3.63, 3.8) is 0 Å². The molecule has 1 aromatic carbocycles. The maximum Gasteiger partial charge on any atom is 0.220 e. The third-order valence-corrected chi connectivity index (χ3v) is 8.60. The Morgan fingerprint density at radius 3 is 2.60 bits per heavy atom. The Kier molecular flexibility index (Phi) is 10.4. The van der Waals surface area contributed by atoms with Crippen molar-refractivity contribution in [3.8, 4) is 11.3 Å². The molecule has 0 saturated carbocycles. The highest BCUT2D eigenvalue weighted by Gasteiger charge is 2.16. The number of pyridine rings is 2. The second-order valence-electron chi connectivity index (χ2n) is 11.7. The average molecular weight is 543 g/mol. The van der Waals surface area contributed by atoms with E-state index in [1.165, 1.54) is 63.8 Å². The lowest BCUT2D eigenvalue weighted by molar-refractivity contribution is -0.121. The number of rotatable bonds is 12. The van der Waals surface area contributed by atoms with Crippen LogP contribution >= 0.6 is 0 Å². The zero-order chi connectivity index (χ0) is 27.6. The lowest BCUT2D eigenvalue weighted by Crippen LogP contribution is -2.32. The summed E-state index contributed by atoms with van der Waals surface area (Å²) in [5.74, 6) is 0.897. The maximum atomic E-state index is 12.4. The maximum absolute atomic E-state index is 12.4. The summed E-state index contributed by atoms with van der Waals surface area (Å²) in [6.07, 6.45) is 11.8. The smallest absolute Gasteiger partial charge is 0.220 e. The van der Waals surface area contributed by atoms with Crippen LogP contribution in [0, 0.1) is 5.92 Å². The Morgan fingerprint density at radius 1 is 1.00 bits per heavy atom. The number of hydrogen-bond acceptors (Lipinski definition) is 6. The van der Waals surface area contributed by atoms with Crippen molar-refractivity contribution < 1.29 is 4.79 Å². The van der Waals surface area contributed by atoms with E-state index in [0.29, 0.717) is 6.42 Å². The number of fused-ring (bicyclic) bond motifs is 1. The second-order valence-corrected chi connectivity index (χ2v) is 11.7. The molecule has 0 aliphatic carbocycles. The van der Waals surface area contributed by atoms with Gasteiger partial charge in [-0.25, -0.2) is 9.97 Å². The van der Waals surface area contributed by atoms with E-state index in [9.17, 15) is 4.79 Å². The topological polar surface area (TPSA) is 73.4 Å². The Hall–Kier alpha value is -3.03. The van der Waals surface area contributed by atoms with Crippen LogP contribution < -0.4 is 10.6 Å². The lowest BCUT2D eigenvalue weighted by atomic mass is 9.94. The van der Waals surface area contributed by atoms with Crippen LogP contribution in [0.4, 0.5) is 5.69 Å². The molecule has 7 nitrogen and oxygen atoms in total. The molecule has 0 spiro atoms. The first-order chi connectivity index (χ1) is 19.6. The number of piperidine rings is 2. The summed E-state index contributed by atoms with van der Waals surface area (Å²) in [6, 6.07) is 14.7. The molecule has 2 aliphatic rings. The predicted octanol–water partition coefficient (Wildman–Crippen LogP) is 5.37. The van der Waals surface area contributed by atoms with Gasteiger partial charge in [-0.2, -0.15) is 0 Å². The molecule has 4 heterocycles. The zero-order valence-corrected chi connectivity index (χ0v) is 24.2. The van der Waals surface area contributed by atoms with E-state index in [1.54, 1.807) is 6.20 Å². The lowest BCUT2D eigenvalue weighted by Gasteiger charge is -2.28. The zero-order valence-electron chi connectivity index (χ0n) is 24.2. The number of hydrogen-bond donors (Lipinski definition) is 2. The molecule has 2 saturated heterocycles. The van der Waals surface area contributed by atoms with Crippen LogP contribution in [-0.2, 0) is 11.2 Å². The van der Waals surface area contributed by atoms with Crippen molar-refractivity contribution in [2.24, 2.45) is 5.92 Å². The van der Waals surface area contributed by atoms with Crippen LogP contribution in [0.3, 0.4) is 0 Å². The molecule has 0 atom stereocenters. The molecule has 5 rings (SSSR count). The molecule has 214 valence electrons. The van der Waals surface area contributed by atoms with Gasteiger partial charge in [0.25, 0.3) is 0 Å². The molecule has 1 amide bonds. The van der Waals surface area contributed by atoms with Gasteiger partial charge in [-0.05, 0) is 114 Å². The number of carbonyl (C=O) groups is 1. The number of amides is 1. The van der Waals surface area contributed by atoms with E-state index in [4.69, 9.17) is 4.98 Å². The van der Waals surface area contributed by atoms with Crippen LogP contribution in [0.15, 0.2) is 48.7 Å². The molecule has 0 bridgehead atoms. The summed E-state index contributed by atoms with van der Waals surface area (Å²) in [5.41, 5.74) is 5.01. The Balaban J connectivity index is 1.12. The molecule has 3 aromatic rings. The number of aryl methyl sites for hydroxylation is 1. The number of nitrogens with zero attached hydrogens (tertiary/aromatic N) is 4. The van der Waals surface area contributed by atoms with Gasteiger partial charge < -0.3 is 20.4 Å². The minimum absolute atomic E-state index is 0.148. The number of benzene rings is 1. The van der Waals surface area contributed by atoms with E-state index in [2.05, 4.69) is 68.9 Å². The molecule has 0 radical (unpaired) electrons. The number of likely N-dealkylation sites (tertiary alicyclic amines) is 2. The fourth-order valence-electron chi connectivity index (χ4n) is 6.01. The van der Waals surface area contributed by atoms with Crippen molar-refractivity contribution in [1.82, 2.24) is 25.1 Å². The minimum Gasteiger partial charge on any atom is -0.384 e. The number of carbonyl (C=O) groups excluding carboxylic acids is 1. The highest BCUT2D eigenvalue weighted by molar-refractivity contribution is 5.91. The summed E-state index contributed by atoms with van der Waals surface area (Å²) in [6.45, 7) is 7.72. The third kappa shape index (κ3) is 8.24. The largest absolute Gasteiger partial charge is 0.384 e. The molecule has 7 heteroatoms. The number of aromatic nitrogens is 2. The molecule has 2 N–H and O–H groups in total. The van der Waals surface area contributed by atoms with Gasteiger partial charge in [0.15, 0.2) is 5.65 Å². The van der Waals surface area contributed by atoms with Gasteiger partial charge in [0, 0.05) is 42.3 Å². The van der Waals surface area contributed by atoms with Crippen LogP contribution in [0.25, 0.3) is 22.3 Å². The Morgan fingerprint density at radius 2 is 1.80 bits per heavy atom. The van der Waals surface area contributed by atoms with Crippen molar-refractivity contribution in [2.45, 2.75) is 57.8 Å². The predicted molar refractivity (Wildman–Crippen MR) is 165 cm³/mol. The van der Waals surface area contributed by atoms with Gasteiger partial charge in [-0.15, -0.1) is 0 Å². The highest BCUT2D eigenvalue weighted by Crippen LogP contribution is 2.28. The summed E-state index contributed by atoms with van der Waals surface area (Å²) in [7, 11) is 2.19. The normalized spacial score (nSPS) is 17.2. The second kappa shape index (κ2) is 14.6. The van der Waals surface area contributed by atoms with Crippen LogP contribution in [0.1, 0.15) is 56.9 Å². The number of anilines is 1. The minimum atomic E-state index is 0.148. The van der Waals surface area contributed by atoms with Crippen LogP contribution in [0.5, 0.6) is 0 Å². The standard InChI is InChI=1S/C33H46N6O/c1-38-23-15-27(16-24-38)14-19-35-32(40)13-10-26-8-11-28(12-9-26)30-25-31(29-7-5-17-36-33(29)37-30)34-18-6-22-39-20-3-2-4-21-39/h5,7-9,11-12,17,25,27H,2-4,6,10,13-16,18-24H2,1H3,(H,35,40)(H,34,36,37). The van der Waals surface area contributed by atoms with E-state index in [1.807, 2.05) is 6.07 Å². The Bertz CT molecular complexity index is 1220. The quantitative estimate of drug-likeness (QED) is 0.300. The summed E-state index contributed by atoms with van der Waals surface area (Å²) >= 11 is 0. The van der Waals surface area contributed by atoms with Crippen molar-refractivity contribution in [3.05, 3.63) is 54.2 Å². The molecular weight excluding hydrogens is 496 g/mol. The summed E-state index contributed by atoms with van der Waals surface area (Å²) < 4.78 is 0. The molecule has 0 unspecified atom stereocenters. The monoisotopic (exact) mass is 542 g/mol. The molecule has 2 aliphatic heterocycles. The van der Waals surface area contributed by atoms with Crippen LogP contribution in [0.2, 0.25) is 0 Å². The van der Waals surface area contributed by atoms with E-state index in [0.717, 1.165) is 72.8 Å². The van der Waals surface area contributed by atoms with E-state index >= 15 is 0 Å². The van der Waals surface area contributed by atoms with Gasteiger partial charge in [-0.3, -0.25) is 4.79 Å². The van der Waals surface area contributed by atoms with Gasteiger partial charge in [0.1, 0.15) is 0 Å². The third-order valence-electron chi connectivity index (χ3n) is 8.60. The average Bonchev–Trinajstić information content (AvgIpc) is 3.00. The van der Waals surface area contributed by atoms with Gasteiger partial charge in [0.2, 0.25) is 5.91 Å². The summed E-state index contributed by atoms with van der Waals surface area (Å²) in [5, 5.41) is 7.86. The molecular formula is C33H46N6O. The van der Waals surface area contributed by atoms with E-state index < -0.39 is 0 Å². The first-order valence-electron chi connectivity index (χ1n) is 15.4. The van der Waals surface area contributed by atoms with Crippen molar-refractivity contribution in [2.75, 3.05) is 58.2 Å². The van der Waals surface area contributed by atoms with E-state index in [-0.39, 0.29) is 5.91 Å². The van der Waals surface area contributed by atoms with Gasteiger partial charge in [0.05, 0.1) is 5.69 Å². The van der Waals surface area contributed by atoms with Gasteiger partial charge >= 0.3 is 0 Å². The molecule has 2 aromatic heterocycles. The SMILES string of the molecule is CN1CCC(CCNC(=O)CCc2ccc(-c3cc(NCCCN4CCCCC4)c4cccnc4n3)cc2)CC1. The first-order valence-corrected chi connectivity index (χ1v) is 15.4. The Labute approximate surface area is 239 Å². The fourth-order valence-corrected chi connectivity index (χ4v) is 6.01. The molecule has 2 fully saturated rings. The number of nitrogens with one attached hydrogen (secondary N) is 2. The van der Waals surface area contributed by atoms with Gasteiger partial charge in [-0.1, -0.05) is 30.7 Å². The van der Waals surface area contributed by atoms with Crippen molar-refractivity contribution >= 4 is 22.6 Å². The summed E-state index contributed by atoms with van der Waals surface area (Å²) in [4.78, 5) is 26.8. The molecule has 40 heavy (non-hydrogen) atoms. The highest BCUT2D eigenvalue weighted by atomic mass is 16.1. The van der Waals surface area contributed by atoms with Crippen molar-refractivity contribution in [1.29, 1.82) is 0 Å².